The maximum Gasteiger partial charge on any atom is 0.269 e. The zero-order valence-corrected chi connectivity index (χ0v) is 28.8. The number of aliphatic hydroxyl groups is 1. The first-order valence-electron chi connectivity index (χ1n) is 17.6. The number of hydrogen-bond acceptors (Lipinski definition) is 9. The number of hydrazine groups is 1. The highest BCUT2D eigenvalue weighted by molar-refractivity contribution is 6.22. The molecule has 2 aliphatic carbocycles. The van der Waals surface area contributed by atoms with E-state index in [-0.39, 0.29) is 37.4 Å². The van der Waals surface area contributed by atoms with Crippen LogP contribution in [0.15, 0.2) is 115 Å². The first kappa shape index (κ1) is 34.0. The SMILES string of the molecule is Cc1ccc(NN2C(=O)[C@@H]3C[C@@H]4C(=CC[C@@H]5C(=O)N(c6ccc([N+](=O)[O-])cc6)C(=O)[C@@H]54)[C@H](c4ccccc4OCCO)[C@]3(c3ccccc3)C2=O)cc1. The number of imide groups is 2. The van der Waals surface area contributed by atoms with Crippen molar-refractivity contribution in [3.8, 4) is 5.75 Å². The molecule has 4 aromatic rings. The van der Waals surface area contributed by atoms with Gasteiger partial charge in [0.1, 0.15) is 12.4 Å². The van der Waals surface area contributed by atoms with Gasteiger partial charge >= 0.3 is 0 Å². The van der Waals surface area contributed by atoms with E-state index >= 15 is 4.79 Å². The minimum Gasteiger partial charge on any atom is -0.491 e. The molecule has 12 nitrogen and oxygen atoms in total. The zero-order valence-electron chi connectivity index (χ0n) is 28.8. The van der Waals surface area contributed by atoms with Crippen molar-refractivity contribution in [2.75, 3.05) is 23.5 Å². The third-order valence-electron chi connectivity index (χ3n) is 11.3. The zero-order chi connectivity index (χ0) is 37.0. The molecule has 0 bridgehead atoms. The van der Waals surface area contributed by atoms with Gasteiger partial charge < -0.3 is 9.84 Å². The number of anilines is 2. The fraction of sp³-hybridized carbons (Fsp3) is 0.268. The van der Waals surface area contributed by atoms with Gasteiger partial charge in [0.25, 0.3) is 17.5 Å². The van der Waals surface area contributed by atoms with Gasteiger partial charge in [-0.1, -0.05) is 77.9 Å². The van der Waals surface area contributed by atoms with Gasteiger partial charge in [0, 0.05) is 23.6 Å². The van der Waals surface area contributed by atoms with Crippen molar-refractivity contribution in [3.05, 3.63) is 142 Å². The number of nitrogens with zero attached hydrogens (tertiary/aromatic N) is 3. The minimum absolute atomic E-state index is 0.0101. The molecule has 0 unspecified atom stereocenters. The molecule has 1 saturated carbocycles. The predicted molar refractivity (Wildman–Crippen MR) is 193 cm³/mol. The van der Waals surface area contributed by atoms with Crippen molar-refractivity contribution in [2.45, 2.75) is 31.1 Å². The molecule has 268 valence electrons. The molecular formula is C41H36N4O8. The van der Waals surface area contributed by atoms with E-state index in [2.05, 4.69) is 5.43 Å². The van der Waals surface area contributed by atoms with Gasteiger partial charge in [-0.15, -0.1) is 0 Å². The molecule has 3 fully saturated rings. The average Bonchev–Trinajstić information content (AvgIpc) is 3.56. The van der Waals surface area contributed by atoms with Gasteiger partial charge in [0.05, 0.1) is 46.1 Å². The molecule has 2 N–H and O–H groups in total. The molecular weight excluding hydrogens is 676 g/mol. The van der Waals surface area contributed by atoms with E-state index in [4.69, 9.17) is 4.74 Å². The third kappa shape index (κ3) is 5.23. The quantitative estimate of drug-likeness (QED) is 0.0994. The number of ether oxygens (including phenoxy) is 1. The van der Waals surface area contributed by atoms with Crippen LogP contribution in [0.1, 0.15) is 35.4 Å². The van der Waals surface area contributed by atoms with E-state index in [0.29, 0.717) is 22.6 Å². The maximum absolute atomic E-state index is 15.3. The second kappa shape index (κ2) is 13.1. The number of rotatable bonds is 9. The summed E-state index contributed by atoms with van der Waals surface area (Å²) in [5, 5.41) is 22.2. The fourth-order valence-corrected chi connectivity index (χ4v) is 9.08. The second-order valence-electron chi connectivity index (χ2n) is 14.0. The second-order valence-corrected chi connectivity index (χ2v) is 14.0. The van der Waals surface area contributed by atoms with E-state index in [9.17, 15) is 29.6 Å². The van der Waals surface area contributed by atoms with Crippen LogP contribution in [0.5, 0.6) is 5.75 Å². The molecule has 2 aliphatic heterocycles. The minimum atomic E-state index is -1.48. The Morgan fingerprint density at radius 1 is 0.868 bits per heavy atom. The van der Waals surface area contributed by atoms with Crippen LogP contribution in [-0.4, -0.2) is 51.9 Å². The number of nitrogens with one attached hydrogen (secondary N) is 1. The standard InChI is InChI=1S/C41H36N4O8/c1-24-11-13-26(14-12-24)42-44-38(48)33-23-32-29(19-20-31-35(32)39(49)43(37(31)47)27-15-17-28(18-16-27)45(51)52)36(30-9-5-6-10-34(30)53-22-21-46)41(33,40(44)50)25-7-3-2-4-8-25/h2-19,31-33,35-36,42,46H,20-23H2,1H3/t31-,32+,33-,35-,36+,41+/m0/s1. The summed E-state index contributed by atoms with van der Waals surface area (Å²) in [4.78, 5) is 70.6. The summed E-state index contributed by atoms with van der Waals surface area (Å²) in [5.41, 5.74) is 5.24. The van der Waals surface area contributed by atoms with Gasteiger partial charge in [-0.3, -0.25) is 39.6 Å². The molecule has 12 heteroatoms. The molecule has 53 heavy (non-hydrogen) atoms. The number of para-hydroxylation sites is 1. The van der Waals surface area contributed by atoms with Gasteiger partial charge in [0.15, 0.2) is 0 Å². The maximum atomic E-state index is 15.3. The highest BCUT2D eigenvalue weighted by Crippen LogP contribution is 2.65. The van der Waals surface area contributed by atoms with Crippen molar-refractivity contribution >= 4 is 40.7 Å². The van der Waals surface area contributed by atoms with Crippen LogP contribution >= 0.6 is 0 Å². The van der Waals surface area contributed by atoms with Gasteiger partial charge in [-0.25, -0.2) is 0 Å². The van der Waals surface area contributed by atoms with Crippen molar-refractivity contribution < 1.29 is 33.9 Å². The highest BCUT2D eigenvalue weighted by Gasteiger charge is 2.70. The lowest BCUT2D eigenvalue weighted by Crippen LogP contribution is -2.53. The average molecular weight is 713 g/mol. The molecule has 4 aliphatic rings. The molecule has 2 saturated heterocycles. The molecule has 4 amide bonds. The summed E-state index contributed by atoms with van der Waals surface area (Å²) >= 11 is 0. The van der Waals surface area contributed by atoms with Crippen LogP contribution in [0, 0.1) is 40.7 Å². The molecule has 0 aromatic heterocycles. The molecule has 6 atom stereocenters. The predicted octanol–water partition coefficient (Wildman–Crippen LogP) is 5.46. The number of nitro benzene ring substituents is 1. The third-order valence-corrected chi connectivity index (χ3v) is 11.3. The van der Waals surface area contributed by atoms with Gasteiger partial charge in [0.2, 0.25) is 11.8 Å². The Balaban J connectivity index is 1.30. The Kier molecular flexibility index (Phi) is 8.41. The lowest BCUT2D eigenvalue weighted by Gasteiger charge is -2.50. The summed E-state index contributed by atoms with van der Waals surface area (Å²) in [7, 11) is 0. The van der Waals surface area contributed by atoms with Crippen molar-refractivity contribution in [1.29, 1.82) is 0 Å². The smallest absolute Gasteiger partial charge is 0.269 e. The monoisotopic (exact) mass is 712 g/mol. The molecule has 0 spiro atoms. The van der Waals surface area contributed by atoms with Crippen molar-refractivity contribution in [2.24, 2.45) is 23.7 Å². The van der Waals surface area contributed by atoms with E-state index in [1.165, 1.54) is 24.3 Å². The number of fused-ring (bicyclic) bond motifs is 4. The molecule has 8 rings (SSSR count). The number of benzene rings is 4. The van der Waals surface area contributed by atoms with E-state index in [0.717, 1.165) is 21.0 Å². The number of amides is 4. The van der Waals surface area contributed by atoms with Crippen LogP contribution in [0.2, 0.25) is 0 Å². The molecule has 0 radical (unpaired) electrons. The van der Waals surface area contributed by atoms with Crippen LogP contribution in [0.4, 0.5) is 17.1 Å². The van der Waals surface area contributed by atoms with Gasteiger partial charge in [-0.2, -0.15) is 5.01 Å². The number of aliphatic hydroxyl groups excluding tert-OH is 1. The number of carbonyl (C=O) groups excluding carboxylic acids is 4. The number of nitro groups is 1. The fourth-order valence-electron chi connectivity index (χ4n) is 9.08. The molecule has 4 aromatic carbocycles. The van der Waals surface area contributed by atoms with Crippen LogP contribution in [0.3, 0.4) is 0 Å². The van der Waals surface area contributed by atoms with E-state index in [1.54, 1.807) is 24.3 Å². The van der Waals surface area contributed by atoms with Crippen molar-refractivity contribution in [3.63, 3.8) is 0 Å². The number of non-ortho nitro benzene ring substituents is 1. The topological polar surface area (TPSA) is 159 Å². The summed E-state index contributed by atoms with van der Waals surface area (Å²) in [6.45, 7) is 1.68. The lowest BCUT2D eigenvalue weighted by molar-refractivity contribution is -0.384. The molecule has 2 heterocycles. The summed E-state index contributed by atoms with van der Waals surface area (Å²) < 4.78 is 6.09. The first-order chi connectivity index (χ1) is 25.7. The summed E-state index contributed by atoms with van der Waals surface area (Å²) in [5.74, 6) is -5.29. The Morgan fingerprint density at radius 2 is 1.57 bits per heavy atom. The largest absolute Gasteiger partial charge is 0.491 e. The van der Waals surface area contributed by atoms with Crippen LogP contribution in [0.25, 0.3) is 0 Å². The lowest BCUT2D eigenvalue weighted by atomic mass is 9.49. The Hall–Kier alpha value is -6.14. The summed E-state index contributed by atoms with van der Waals surface area (Å²) in [6.07, 6.45) is 2.28. The van der Waals surface area contributed by atoms with E-state index < -0.39 is 63.6 Å². The number of hydrogen-bond donors (Lipinski definition) is 2. The van der Waals surface area contributed by atoms with Crippen LogP contribution < -0.4 is 15.1 Å². The Morgan fingerprint density at radius 3 is 2.26 bits per heavy atom. The Bertz CT molecular complexity index is 2170. The van der Waals surface area contributed by atoms with E-state index in [1.807, 2.05) is 67.6 Å². The number of aryl methyl sites for hydroxylation is 1. The van der Waals surface area contributed by atoms with Crippen molar-refractivity contribution in [1.82, 2.24) is 5.01 Å². The normalized spacial score (nSPS) is 26.2. The summed E-state index contributed by atoms with van der Waals surface area (Å²) in [6, 6.07) is 29.1. The Labute approximate surface area is 304 Å². The van der Waals surface area contributed by atoms with Crippen LogP contribution in [-0.2, 0) is 24.6 Å². The van der Waals surface area contributed by atoms with Gasteiger partial charge in [-0.05, 0) is 61.6 Å². The number of carbonyl (C=O) groups is 4. The number of allylic oxidation sites excluding steroid dienone is 2. The highest BCUT2D eigenvalue weighted by atomic mass is 16.6. The first-order valence-corrected chi connectivity index (χ1v) is 17.6.